The average Bonchev–Trinajstić information content (AvgIpc) is 3.29. The van der Waals surface area contributed by atoms with E-state index in [-0.39, 0.29) is 11.6 Å². The van der Waals surface area contributed by atoms with Gasteiger partial charge in [-0.25, -0.2) is 0 Å². The summed E-state index contributed by atoms with van der Waals surface area (Å²) in [7, 11) is 0. The van der Waals surface area contributed by atoms with Gasteiger partial charge in [-0.2, -0.15) is 0 Å². The Labute approximate surface area is 211 Å². The van der Waals surface area contributed by atoms with Gasteiger partial charge in [-0.15, -0.1) is 0 Å². The highest BCUT2D eigenvalue weighted by atomic mass is 16.2. The summed E-state index contributed by atoms with van der Waals surface area (Å²) in [6.07, 6.45) is 9.92. The number of benzene rings is 2. The van der Waals surface area contributed by atoms with Crippen molar-refractivity contribution in [3.8, 4) is 0 Å². The monoisotopic (exact) mass is 471 g/mol. The van der Waals surface area contributed by atoms with Gasteiger partial charge in [-0.1, -0.05) is 67.1 Å². The van der Waals surface area contributed by atoms with E-state index in [1.807, 2.05) is 0 Å². The lowest BCUT2D eigenvalue weighted by atomic mass is 9.63. The highest BCUT2D eigenvalue weighted by Gasteiger charge is 2.55. The average molecular weight is 472 g/mol. The van der Waals surface area contributed by atoms with E-state index < -0.39 is 0 Å². The number of carbonyl (C=O) groups is 1. The first-order valence-electron chi connectivity index (χ1n) is 14.1. The number of hydrogen-bond donors (Lipinski definition) is 0. The van der Waals surface area contributed by atoms with Crippen molar-refractivity contribution in [1.82, 2.24) is 14.7 Å². The molecule has 186 valence electrons. The van der Waals surface area contributed by atoms with Crippen LogP contribution in [-0.2, 0) is 4.79 Å². The van der Waals surface area contributed by atoms with Gasteiger partial charge in [0, 0.05) is 30.0 Å². The minimum Gasteiger partial charge on any atom is -0.337 e. The Bertz CT molecular complexity index is 931. The van der Waals surface area contributed by atoms with Crippen LogP contribution in [0, 0.1) is 0 Å². The molecule has 4 heteroatoms. The lowest BCUT2D eigenvalue weighted by molar-refractivity contribution is -0.135. The second kappa shape index (κ2) is 10.1. The maximum absolute atomic E-state index is 14.0. The number of fused-ring (bicyclic) bond motifs is 4. The van der Waals surface area contributed by atoms with Gasteiger partial charge >= 0.3 is 0 Å². The van der Waals surface area contributed by atoms with Gasteiger partial charge in [0.25, 0.3) is 0 Å². The van der Waals surface area contributed by atoms with Crippen LogP contribution in [-0.4, -0.2) is 71.5 Å². The van der Waals surface area contributed by atoms with E-state index in [2.05, 4.69) is 75.4 Å². The molecule has 0 spiro atoms. The number of amides is 1. The van der Waals surface area contributed by atoms with Gasteiger partial charge in [0.1, 0.15) is 0 Å². The van der Waals surface area contributed by atoms with Crippen LogP contribution in [0.3, 0.4) is 0 Å². The Morgan fingerprint density at radius 1 is 0.714 bits per heavy atom. The van der Waals surface area contributed by atoms with Gasteiger partial charge in [0.05, 0.1) is 6.54 Å². The molecule has 4 aliphatic heterocycles. The third-order valence-electron chi connectivity index (χ3n) is 9.56. The molecule has 2 atom stereocenters. The van der Waals surface area contributed by atoms with E-state index in [1.165, 1.54) is 69.2 Å². The van der Waals surface area contributed by atoms with Gasteiger partial charge in [0.2, 0.25) is 5.91 Å². The fraction of sp³-hybridized carbons (Fsp3) is 0.581. The lowest BCUT2D eigenvalue weighted by Gasteiger charge is -2.53. The van der Waals surface area contributed by atoms with Crippen LogP contribution in [0.25, 0.3) is 0 Å². The van der Waals surface area contributed by atoms with Gasteiger partial charge in [0.15, 0.2) is 0 Å². The molecular formula is C31H41N3O. The Hall–Kier alpha value is -2.17. The normalized spacial score (nSPS) is 32.0. The number of rotatable bonds is 5. The maximum atomic E-state index is 14.0. The molecule has 0 N–H and O–H groups in total. The van der Waals surface area contributed by atoms with Gasteiger partial charge in [-0.05, 0) is 82.3 Å². The molecule has 35 heavy (non-hydrogen) atoms. The quantitative estimate of drug-likeness (QED) is 0.594. The molecule has 1 aliphatic carbocycles. The first-order valence-corrected chi connectivity index (χ1v) is 14.1. The molecule has 2 bridgehead atoms. The van der Waals surface area contributed by atoms with Gasteiger partial charge < -0.3 is 4.90 Å². The van der Waals surface area contributed by atoms with Crippen molar-refractivity contribution in [3.05, 3.63) is 71.8 Å². The van der Waals surface area contributed by atoms with Crippen molar-refractivity contribution < 1.29 is 4.79 Å². The summed E-state index contributed by atoms with van der Waals surface area (Å²) in [6, 6.07) is 22.5. The summed E-state index contributed by atoms with van der Waals surface area (Å²) in [4.78, 5) is 21.6. The third-order valence-corrected chi connectivity index (χ3v) is 9.56. The molecule has 4 heterocycles. The van der Waals surface area contributed by atoms with E-state index in [0.29, 0.717) is 24.3 Å². The largest absolute Gasteiger partial charge is 0.337 e. The number of piperidine rings is 1. The minimum absolute atomic E-state index is 0.181. The van der Waals surface area contributed by atoms with E-state index in [4.69, 9.17) is 0 Å². The fourth-order valence-corrected chi connectivity index (χ4v) is 7.87. The van der Waals surface area contributed by atoms with Crippen LogP contribution in [0.1, 0.15) is 74.3 Å². The summed E-state index contributed by atoms with van der Waals surface area (Å²) in [5.74, 6) is 1.11. The molecule has 0 radical (unpaired) electrons. The number of carbonyl (C=O) groups excluding carboxylic acids is 1. The lowest BCUT2D eigenvalue weighted by Crippen LogP contribution is -2.56. The van der Waals surface area contributed by atoms with Crippen LogP contribution in [0.4, 0.5) is 0 Å². The Morgan fingerprint density at radius 3 is 1.83 bits per heavy atom. The molecule has 0 aromatic heterocycles. The third kappa shape index (κ3) is 4.56. The number of nitrogens with zero attached hydrogens (tertiary/aromatic N) is 3. The van der Waals surface area contributed by atoms with Crippen LogP contribution >= 0.6 is 0 Å². The molecule has 4 nitrogen and oxygen atoms in total. The molecule has 1 amide bonds. The molecule has 2 aromatic carbocycles. The molecule has 5 fully saturated rings. The van der Waals surface area contributed by atoms with E-state index in [0.717, 1.165) is 26.1 Å². The zero-order valence-electron chi connectivity index (χ0n) is 21.2. The van der Waals surface area contributed by atoms with Crippen LogP contribution in [0.5, 0.6) is 0 Å². The fourth-order valence-electron chi connectivity index (χ4n) is 7.87. The van der Waals surface area contributed by atoms with Crippen molar-refractivity contribution in [2.75, 3.05) is 39.3 Å². The number of likely N-dealkylation sites (tertiary alicyclic amines) is 2. The van der Waals surface area contributed by atoms with Crippen LogP contribution in [0.15, 0.2) is 60.7 Å². The number of hydrogen-bond acceptors (Lipinski definition) is 3. The van der Waals surface area contributed by atoms with Crippen molar-refractivity contribution >= 4 is 5.91 Å². The smallest absolute Gasteiger partial charge is 0.237 e. The molecule has 2 aromatic rings. The first-order chi connectivity index (χ1) is 17.2. The molecule has 7 rings (SSSR count). The van der Waals surface area contributed by atoms with Gasteiger partial charge in [-0.3, -0.25) is 14.6 Å². The summed E-state index contributed by atoms with van der Waals surface area (Å²) in [5.41, 5.74) is 3.02. The summed E-state index contributed by atoms with van der Waals surface area (Å²) < 4.78 is 0. The summed E-state index contributed by atoms with van der Waals surface area (Å²) >= 11 is 0. The topological polar surface area (TPSA) is 26.8 Å². The zero-order chi connectivity index (χ0) is 23.7. The molecule has 0 unspecified atom stereocenters. The second-order valence-electron chi connectivity index (χ2n) is 11.5. The zero-order valence-corrected chi connectivity index (χ0v) is 21.2. The molecule has 1 saturated carbocycles. The Kier molecular flexibility index (Phi) is 6.68. The standard InChI is InChI=1S/C31H41N3O/c35-29(24-32-17-10-11-18-32)34-21-16-31(33-19-8-3-9-20-33)22-27(25-12-4-1-5-13-25)30(34)28(23-31)26-14-6-2-7-15-26/h1-2,4-7,12-15,27-28,30H,3,8-11,16-24H2/t27-,28-,30?,31?/m0/s1. The second-order valence-corrected chi connectivity index (χ2v) is 11.5. The molecular weight excluding hydrogens is 430 g/mol. The maximum Gasteiger partial charge on any atom is 0.237 e. The Balaban J connectivity index is 1.43. The predicted molar refractivity (Wildman–Crippen MR) is 142 cm³/mol. The van der Waals surface area contributed by atoms with E-state index in [9.17, 15) is 4.79 Å². The first kappa shape index (κ1) is 23.2. The van der Waals surface area contributed by atoms with Crippen molar-refractivity contribution in [2.45, 2.75) is 74.8 Å². The van der Waals surface area contributed by atoms with E-state index in [1.54, 1.807) is 0 Å². The highest BCUT2D eigenvalue weighted by Crippen LogP contribution is 2.54. The summed E-state index contributed by atoms with van der Waals surface area (Å²) in [5, 5.41) is 0. The Morgan fingerprint density at radius 2 is 1.26 bits per heavy atom. The summed E-state index contributed by atoms with van der Waals surface area (Å²) in [6.45, 7) is 6.08. The van der Waals surface area contributed by atoms with Crippen LogP contribution in [0.2, 0.25) is 0 Å². The van der Waals surface area contributed by atoms with Crippen LogP contribution < -0.4 is 0 Å². The van der Waals surface area contributed by atoms with E-state index >= 15 is 0 Å². The van der Waals surface area contributed by atoms with Crippen molar-refractivity contribution in [1.29, 1.82) is 0 Å². The SMILES string of the molecule is O=C(CN1CCCC1)N1CCC2(N3CCCCC3)C[C@@H](c3ccccc3)C1[C@H](c1ccccc1)C2. The van der Waals surface area contributed by atoms with Crippen molar-refractivity contribution in [3.63, 3.8) is 0 Å². The van der Waals surface area contributed by atoms with Crippen molar-refractivity contribution in [2.24, 2.45) is 0 Å². The minimum atomic E-state index is 0.181. The molecule has 5 aliphatic rings. The highest BCUT2D eigenvalue weighted by molar-refractivity contribution is 5.79. The predicted octanol–water partition coefficient (Wildman–Crippen LogP) is 5.27. The molecule has 4 saturated heterocycles.